The van der Waals surface area contributed by atoms with Crippen molar-refractivity contribution >= 4 is 28.3 Å². The van der Waals surface area contributed by atoms with E-state index in [0.29, 0.717) is 5.13 Å². The summed E-state index contributed by atoms with van der Waals surface area (Å²) in [4.78, 5) is 27.6. The Labute approximate surface area is 145 Å². The van der Waals surface area contributed by atoms with E-state index < -0.39 is 0 Å². The lowest BCUT2D eigenvalue weighted by Gasteiger charge is -2.23. The molecule has 0 spiro atoms. The van der Waals surface area contributed by atoms with Crippen LogP contribution < -0.4 is 10.6 Å². The molecule has 1 fully saturated rings. The fraction of sp³-hybridized carbons (Fsp3) is 0.389. The van der Waals surface area contributed by atoms with E-state index in [-0.39, 0.29) is 23.8 Å². The van der Waals surface area contributed by atoms with Gasteiger partial charge in [0.05, 0.1) is 11.7 Å². The normalized spacial score (nSPS) is 15.4. The van der Waals surface area contributed by atoms with Gasteiger partial charge in [0.1, 0.15) is 0 Å². The molecule has 1 unspecified atom stereocenters. The van der Waals surface area contributed by atoms with Crippen LogP contribution in [0.2, 0.25) is 0 Å². The Morgan fingerprint density at radius 3 is 2.54 bits per heavy atom. The van der Waals surface area contributed by atoms with Crippen LogP contribution in [0.15, 0.2) is 29.6 Å². The molecule has 6 heteroatoms. The van der Waals surface area contributed by atoms with Gasteiger partial charge in [-0.1, -0.05) is 30.7 Å². The molecule has 2 amide bonds. The van der Waals surface area contributed by atoms with E-state index in [1.807, 2.05) is 36.6 Å². The predicted molar refractivity (Wildman–Crippen MR) is 95.8 cm³/mol. The molecule has 0 aliphatic heterocycles. The Morgan fingerprint density at radius 2 is 1.96 bits per heavy atom. The molecule has 2 N–H and O–H groups in total. The second kappa shape index (κ2) is 7.13. The number of hydrogen-bond donors (Lipinski definition) is 2. The first-order chi connectivity index (χ1) is 11.5. The number of rotatable bonds is 5. The number of anilines is 1. The molecule has 5 nitrogen and oxygen atoms in total. The predicted octanol–water partition coefficient (Wildman–Crippen LogP) is 3.75. The van der Waals surface area contributed by atoms with Gasteiger partial charge in [-0.25, -0.2) is 4.98 Å². The average Bonchev–Trinajstić information content (AvgIpc) is 2.93. The van der Waals surface area contributed by atoms with Gasteiger partial charge in [-0.05, 0) is 25.3 Å². The standard InChI is InChI=1S/C18H21N3O2S/c1-11(19-12(2)22)13-6-8-14(9-7-13)16-10-24-18(20-16)21-17(23)15-4-3-5-15/h6-11,15H,3-5H2,1-2H3,(H,19,22)(H,20,21,23). The Balaban J connectivity index is 1.66. The molecule has 0 bridgehead atoms. The van der Waals surface area contributed by atoms with Gasteiger partial charge in [-0.2, -0.15) is 0 Å². The number of carbonyl (C=O) groups excluding carboxylic acids is 2. The molecule has 1 aromatic heterocycles. The van der Waals surface area contributed by atoms with Gasteiger partial charge in [0.25, 0.3) is 0 Å². The lowest BCUT2D eigenvalue weighted by Crippen LogP contribution is -2.27. The number of thiazole rings is 1. The van der Waals surface area contributed by atoms with Crippen LogP contribution in [0.25, 0.3) is 11.3 Å². The van der Waals surface area contributed by atoms with Crippen LogP contribution in [0.4, 0.5) is 5.13 Å². The molecule has 1 aliphatic carbocycles. The first kappa shape index (κ1) is 16.6. The third-order valence-corrected chi connectivity index (χ3v) is 5.09. The average molecular weight is 343 g/mol. The maximum absolute atomic E-state index is 12.0. The first-order valence-electron chi connectivity index (χ1n) is 8.17. The summed E-state index contributed by atoms with van der Waals surface area (Å²) in [6.07, 6.45) is 3.11. The van der Waals surface area contributed by atoms with E-state index >= 15 is 0 Å². The third kappa shape index (κ3) is 3.82. The highest BCUT2D eigenvalue weighted by molar-refractivity contribution is 7.14. The summed E-state index contributed by atoms with van der Waals surface area (Å²) in [6.45, 7) is 3.47. The van der Waals surface area contributed by atoms with Gasteiger partial charge in [0.15, 0.2) is 5.13 Å². The van der Waals surface area contributed by atoms with Crippen LogP contribution >= 0.6 is 11.3 Å². The van der Waals surface area contributed by atoms with Crippen molar-refractivity contribution in [3.63, 3.8) is 0 Å². The van der Waals surface area contributed by atoms with Gasteiger partial charge < -0.3 is 10.6 Å². The summed E-state index contributed by atoms with van der Waals surface area (Å²) >= 11 is 1.44. The van der Waals surface area contributed by atoms with Crippen molar-refractivity contribution in [2.75, 3.05) is 5.32 Å². The summed E-state index contributed by atoms with van der Waals surface area (Å²) < 4.78 is 0. The van der Waals surface area contributed by atoms with Gasteiger partial charge in [0, 0.05) is 23.8 Å². The topological polar surface area (TPSA) is 71.1 Å². The molecule has 1 heterocycles. The molecule has 1 aliphatic rings. The number of benzene rings is 1. The Hall–Kier alpha value is -2.21. The van der Waals surface area contributed by atoms with Gasteiger partial charge in [0.2, 0.25) is 11.8 Å². The minimum atomic E-state index is -0.0436. The van der Waals surface area contributed by atoms with Gasteiger partial charge in [-0.15, -0.1) is 11.3 Å². The SMILES string of the molecule is CC(=O)NC(C)c1ccc(-c2csc(NC(=O)C3CCC3)n2)cc1. The van der Waals surface area contributed by atoms with Crippen molar-refractivity contribution in [1.82, 2.24) is 10.3 Å². The molecule has 0 saturated heterocycles. The van der Waals surface area contributed by atoms with Crippen LogP contribution in [0.1, 0.15) is 44.7 Å². The Morgan fingerprint density at radius 1 is 1.25 bits per heavy atom. The molecule has 24 heavy (non-hydrogen) atoms. The smallest absolute Gasteiger partial charge is 0.229 e. The summed E-state index contributed by atoms with van der Waals surface area (Å²) in [5.74, 6) is 0.200. The highest BCUT2D eigenvalue weighted by Crippen LogP contribution is 2.30. The Kier molecular flexibility index (Phi) is 4.94. The summed E-state index contributed by atoms with van der Waals surface area (Å²) in [5, 5.41) is 8.37. The van der Waals surface area contributed by atoms with Gasteiger partial charge in [-0.3, -0.25) is 9.59 Å². The molecule has 3 rings (SSSR count). The molecule has 1 aromatic carbocycles. The highest BCUT2D eigenvalue weighted by atomic mass is 32.1. The maximum atomic E-state index is 12.0. The minimum Gasteiger partial charge on any atom is -0.350 e. The van der Waals surface area contributed by atoms with E-state index in [2.05, 4.69) is 15.6 Å². The summed E-state index contributed by atoms with van der Waals surface area (Å²) in [6, 6.07) is 7.92. The lowest BCUT2D eigenvalue weighted by molar-refractivity contribution is -0.122. The number of nitrogens with one attached hydrogen (secondary N) is 2. The zero-order valence-electron chi connectivity index (χ0n) is 13.8. The van der Waals surface area contributed by atoms with Crippen LogP contribution in [-0.4, -0.2) is 16.8 Å². The van der Waals surface area contributed by atoms with Crippen molar-refractivity contribution in [2.24, 2.45) is 5.92 Å². The van der Waals surface area contributed by atoms with E-state index in [4.69, 9.17) is 0 Å². The molecule has 1 atom stereocenters. The number of nitrogens with zero attached hydrogens (tertiary/aromatic N) is 1. The monoisotopic (exact) mass is 343 g/mol. The van der Waals surface area contributed by atoms with Crippen molar-refractivity contribution < 1.29 is 9.59 Å². The number of hydrogen-bond acceptors (Lipinski definition) is 4. The fourth-order valence-corrected chi connectivity index (χ4v) is 3.40. The molecule has 2 aromatic rings. The molecule has 126 valence electrons. The highest BCUT2D eigenvalue weighted by Gasteiger charge is 2.25. The van der Waals surface area contributed by atoms with Crippen LogP contribution in [0.3, 0.4) is 0 Å². The fourth-order valence-electron chi connectivity index (χ4n) is 2.67. The molecular weight excluding hydrogens is 322 g/mol. The minimum absolute atomic E-state index is 0.0238. The second-order valence-corrected chi connectivity index (χ2v) is 7.06. The number of carbonyl (C=O) groups is 2. The number of aromatic nitrogens is 1. The zero-order valence-corrected chi connectivity index (χ0v) is 14.7. The van der Waals surface area contributed by atoms with E-state index in [0.717, 1.165) is 36.1 Å². The van der Waals surface area contributed by atoms with Crippen molar-refractivity contribution in [3.8, 4) is 11.3 Å². The quantitative estimate of drug-likeness (QED) is 0.868. The second-order valence-electron chi connectivity index (χ2n) is 6.20. The lowest BCUT2D eigenvalue weighted by atomic mass is 9.85. The van der Waals surface area contributed by atoms with Crippen LogP contribution in [-0.2, 0) is 9.59 Å². The Bertz CT molecular complexity index is 735. The molecule has 0 radical (unpaired) electrons. The largest absolute Gasteiger partial charge is 0.350 e. The first-order valence-corrected chi connectivity index (χ1v) is 9.04. The summed E-state index contributed by atoms with van der Waals surface area (Å²) in [7, 11) is 0. The van der Waals surface area contributed by atoms with Crippen LogP contribution in [0.5, 0.6) is 0 Å². The van der Waals surface area contributed by atoms with Crippen LogP contribution in [0, 0.1) is 5.92 Å². The zero-order chi connectivity index (χ0) is 17.1. The molecule has 1 saturated carbocycles. The van der Waals surface area contributed by atoms with E-state index in [9.17, 15) is 9.59 Å². The summed E-state index contributed by atoms with van der Waals surface area (Å²) in [5.41, 5.74) is 2.89. The van der Waals surface area contributed by atoms with Crippen molar-refractivity contribution in [1.29, 1.82) is 0 Å². The third-order valence-electron chi connectivity index (χ3n) is 4.34. The molecular formula is C18H21N3O2S. The van der Waals surface area contributed by atoms with Crippen molar-refractivity contribution in [3.05, 3.63) is 35.2 Å². The van der Waals surface area contributed by atoms with Crippen molar-refractivity contribution in [2.45, 2.75) is 39.2 Å². The van der Waals surface area contributed by atoms with Gasteiger partial charge >= 0.3 is 0 Å². The number of amides is 2. The van der Waals surface area contributed by atoms with E-state index in [1.54, 1.807) is 0 Å². The van der Waals surface area contributed by atoms with E-state index in [1.165, 1.54) is 18.3 Å². The maximum Gasteiger partial charge on any atom is 0.229 e.